The van der Waals surface area contributed by atoms with Crippen molar-refractivity contribution in [2.45, 2.75) is 6.54 Å². The molecule has 0 bridgehead atoms. The number of hydrogen-bond acceptors (Lipinski definition) is 2. The van der Waals surface area contributed by atoms with Crippen LogP contribution in [-0.2, 0) is 6.54 Å². The molecule has 4 heteroatoms. The molecule has 0 spiro atoms. The van der Waals surface area contributed by atoms with E-state index in [-0.39, 0.29) is 5.82 Å². The van der Waals surface area contributed by atoms with Crippen LogP contribution in [0.15, 0.2) is 29.8 Å². The summed E-state index contributed by atoms with van der Waals surface area (Å²) in [5.74, 6) is -0.214. The van der Waals surface area contributed by atoms with Gasteiger partial charge >= 0.3 is 0 Å². The van der Waals surface area contributed by atoms with E-state index >= 15 is 0 Å². The van der Waals surface area contributed by atoms with Gasteiger partial charge in [-0.25, -0.2) is 4.39 Å². The van der Waals surface area contributed by atoms with E-state index in [1.54, 1.807) is 11.0 Å². The summed E-state index contributed by atoms with van der Waals surface area (Å²) < 4.78 is 13.6. The Bertz CT molecular complexity index is 377. The molecular formula is C12H16ClFN2. The van der Waals surface area contributed by atoms with E-state index < -0.39 is 0 Å². The molecule has 0 heterocycles. The summed E-state index contributed by atoms with van der Waals surface area (Å²) in [6.07, 6.45) is 0. The zero-order valence-corrected chi connectivity index (χ0v) is 10.3. The molecule has 16 heavy (non-hydrogen) atoms. The third-order valence-electron chi connectivity index (χ3n) is 2.14. The summed E-state index contributed by atoms with van der Waals surface area (Å²) in [4.78, 5) is 1.74. The van der Waals surface area contributed by atoms with Crippen molar-refractivity contribution in [1.82, 2.24) is 5.32 Å². The van der Waals surface area contributed by atoms with Gasteiger partial charge in [0.25, 0.3) is 0 Å². The van der Waals surface area contributed by atoms with E-state index in [1.807, 2.05) is 20.2 Å². The molecule has 0 saturated carbocycles. The van der Waals surface area contributed by atoms with Crippen molar-refractivity contribution in [1.29, 1.82) is 0 Å². The molecule has 2 nitrogen and oxygen atoms in total. The Labute approximate surface area is 101 Å². The maximum absolute atomic E-state index is 13.6. The number of halogens is 2. The van der Waals surface area contributed by atoms with Crippen LogP contribution in [0.2, 0.25) is 0 Å². The van der Waals surface area contributed by atoms with Crippen LogP contribution in [0.3, 0.4) is 0 Å². The number of hydrogen-bond donors (Lipinski definition) is 1. The zero-order valence-electron chi connectivity index (χ0n) is 9.56. The average molecular weight is 243 g/mol. The van der Waals surface area contributed by atoms with Crippen molar-refractivity contribution in [3.8, 4) is 0 Å². The Morgan fingerprint density at radius 1 is 1.50 bits per heavy atom. The fourth-order valence-corrected chi connectivity index (χ4v) is 1.46. The normalized spacial score (nSPS) is 10.2. The van der Waals surface area contributed by atoms with E-state index in [0.717, 1.165) is 5.56 Å². The Morgan fingerprint density at radius 2 is 2.19 bits per heavy atom. The first-order valence-corrected chi connectivity index (χ1v) is 5.38. The molecular weight excluding hydrogens is 227 g/mol. The minimum atomic E-state index is -0.214. The molecule has 0 aliphatic heterocycles. The monoisotopic (exact) mass is 242 g/mol. The first-order valence-electron chi connectivity index (χ1n) is 5.00. The Kier molecular flexibility index (Phi) is 4.77. The van der Waals surface area contributed by atoms with Crippen molar-refractivity contribution in [3.63, 3.8) is 0 Å². The van der Waals surface area contributed by atoms with E-state index in [1.165, 1.54) is 6.07 Å². The third-order valence-corrected chi connectivity index (χ3v) is 2.27. The topological polar surface area (TPSA) is 15.3 Å². The van der Waals surface area contributed by atoms with Crippen molar-refractivity contribution in [2.75, 3.05) is 25.5 Å². The lowest BCUT2D eigenvalue weighted by Gasteiger charge is -2.14. The molecule has 0 atom stereocenters. The van der Waals surface area contributed by atoms with Gasteiger partial charge < -0.3 is 10.2 Å². The number of nitrogens with one attached hydrogen (secondary N) is 1. The first-order chi connectivity index (χ1) is 7.50. The van der Waals surface area contributed by atoms with Crippen molar-refractivity contribution < 1.29 is 4.39 Å². The van der Waals surface area contributed by atoms with Gasteiger partial charge in [0.15, 0.2) is 0 Å². The Hall–Kier alpha value is -1.06. The fraction of sp³-hybridized carbons (Fsp3) is 0.333. The quantitative estimate of drug-likeness (QED) is 0.854. The number of benzene rings is 1. The highest BCUT2D eigenvalue weighted by molar-refractivity contribution is 6.29. The minimum absolute atomic E-state index is 0.214. The number of rotatable bonds is 5. The van der Waals surface area contributed by atoms with E-state index in [4.69, 9.17) is 11.6 Å². The van der Waals surface area contributed by atoms with Crippen LogP contribution in [0.5, 0.6) is 0 Å². The van der Waals surface area contributed by atoms with Gasteiger partial charge in [0.1, 0.15) is 5.82 Å². The molecule has 1 aromatic rings. The standard InChI is InChI=1S/C12H16ClFN2/c1-9(13)7-15-8-10-4-5-12(16(2)3)11(14)6-10/h4-6,15H,1,7-8H2,2-3H3. The zero-order chi connectivity index (χ0) is 12.1. The summed E-state index contributed by atoms with van der Waals surface area (Å²) in [7, 11) is 3.63. The summed E-state index contributed by atoms with van der Waals surface area (Å²) in [6.45, 7) is 4.67. The Morgan fingerprint density at radius 3 is 2.69 bits per heavy atom. The fourth-order valence-electron chi connectivity index (χ4n) is 1.37. The van der Waals surface area contributed by atoms with Gasteiger partial charge in [-0.2, -0.15) is 0 Å². The molecule has 1 aromatic carbocycles. The lowest BCUT2D eigenvalue weighted by molar-refractivity contribution is 0.621. The Balaban J connectivity index is 2.63. The van der Waals surface area contributed by atoms with Crippen LogP contribution in [0.1, 0.15) is 5.56 Å². The van der Waals surface area contributed by atoms with Crippen molar-refractivity contribution in [3.05, 3.63) is 41.2 Å². The van der Waals surface area contributed by atoms with Crippen LogP contribution < -0.4 is 10.2 Å². The van der Waals surface area contributed by atoms with E-state index in [9.17, 15) is 4.39 Å². The SMILES string of the molecule is C=C(Cl)CNCc1ccc(N(C)C)c(F)c1. The van der Waals surface area contributed by atoms with Crippen LogP contribution >= 0.6 is 11.6 Å². The van der Waals surface area contributed by atoms with E-state index in [0.29, 0.717) is 23.8 Å². The maximum Gasteiger partial charge on any atom is 0.146 e. The molecule has 0 aliphatic rings. The summed E-state index contributed by atoms with van der Waals surface area (Å²) in [6, 6.07) is 5.18. The maximum atomic E-state index is 13.6. The second-order valence-electron chi connectivity index (χ2n) is 3.80. The van der Waals surface area contributed by atoms with Gasteiger partial charge in [-0.05, 0) is 17.7 Å². The van der Waals surface area contributed by atoms with Crippen molar-refractivity contribution >= 4 is 17.3 Å². The molecule has 0 saturated heterocycles. The molecule has 1 N–H and O–H groups in total. The molecule has 0 amide bonds. The average Bonchev–Trinajstić information content (AvgIpc) is 2.16. The van der Waals surface area contributed by atoms with Gasteiger partial charge in [0.2, 0.25) is 0 Å². The van der Waals surface area contributed by atoms with Crippen LogP contribution in [0.25, 0.3) is 0 Å². The van der Waals surface area contributed by atoms with Gasteiger partial charge in [0.05, 0.1) is 5.69 Å². The first kappa shape index (κ1) is 13.0. The molecule has 88 valence electrons. The van der Waals surface area contributed by atoms with E-state index in [2.05, 4.69) is 11.9 Å². The summed E-state index contributed by atoms with van der Waals surface area (Å²) >= 11 is 5.60. The minimum Gasteiger partial charge on any atom is -0.375 e. The van der Waals surface area contributed by atoms with Gasteiger partial charge in [0, 0.05) is 32.2 Å². The lowest BCUT2D eigenvalue weighted by atomic mass is 10.2. The second kappa shape index (κ2) is 5.87. The predicted molar refractivity (Wildman–Crippen MR) is 67.4 cm³/mol. The van der Waals surface area contributed by atoms with Gasteiger partial charge in [-0.3, -0.25) is 0 Å². The summed E-state index contributed by atoms with van der Waals surface area (Å²) in [5.41, 5.74) is 1.48. The number of anilines is 1. The van der Waals surface area contributed by atoms with Crippen LogP contribution in [0, 0.1) is 5.82 Å². The molecule has 0 unspecified atom stereocenters. The lowest BCUT2D eigenvalue weighted by Crippen LogP contribution is -2.15. The molecule has 0 radical (unpaired) electrons. The van der Waals surface area contributed by atoms with Crippen molar-refractivity contribution in [2.24, 2.45) is 0 Å². The third kappa shape index (κ3) is 3.83. The highest BCUT2D eigenvalue weighted by atomic mass is 35.5. The largest absolute Gasteiger partial charge is 0.375 e. The smallest absolute Gasteiger partial charge is 0.146 e. The van der Waals surface area contributed by atoms with Crippen LogP contribution in [0.4, 0.5) is 10.1 Å². The highest BCUT2D eigenvalue weighted by Gasteiger charge is 2.04. The van der Waals surface area contributed by atoms with Gasteiger partial charge in [-0.1, -0.05) is 24.2 Å². The van der Waals surface area contributed by atoms with Gasteiger partial charge in [-0.15, -0.1) is 0 Å². The predicted octanol–water partition coefficient (Wildman–Crippen LogP) is 2.73. The molecule has 1 rings (SSSR count). The number of nitrogens with zero attached hydrogens (tertiary/aromatic N) is 1. The second-order valence-corrected chi connectivity index (χ2v) is 4.34. The van der Waals surface area contributed by atoms with Crippen LogP contribution in [-0.4, -0.2) is 20.6 Å². The molecule has 0 aromatic heterocycles. The molecule has 0 aliphatic carbocycles. The summed E-state index contributed by atoms with van der Waals surface area (Å²) in [5, 5.41) is 3.61. The highest BCUT2D eigenvalue weighted by Crippen LogP contribution is 2.18. The molecule has 0 fully saturated rings.